The van der Waals surface area contributed by atoms with Crippen LogP contribution >= 0.6 is 0 Å². The summed E-state index contributed by atoms with van der Waals surface area (Å²) in [4.78, 5) is 12.2. The van der Waals surface area contributed by atoms with Gasteiger partial charge in [-0.05, 0) is 72.5 Å². The maximum absolute atomic E-state index is 13.2. The first-order valence-corrected chi connectivity index (χ1v) is 12.9. The van der Waals surface area contributed by atoms with Crippen molar-refractivity contribution in [3.05, 3.63) is 89.7 Å². The minimum absolute atomic E-state index is 0.0684. The molecule has 0 spiro atoms. The molecular formula is C26H29FN2O4S. The number of sulfonamides is 1. The average molecular weight is 485 g/mol. The number of rotatable bonds is 11. The fraction of sp³-hybridized carbons (Fsp3) is 0.269. The van der Waals surface area contributed by atoms with Gasteiger partial charge in [-0.2, -0.15) is 0 Å². The van der Waals surface area contributed by atoms with Crippen molar-refractivity contribution in [1.29, 1.82) is 0 Å². The number of anilines is 2. The maximum atomic E-state index is 13.2. The Morgan fingerprint density at radius 2 is 1.56 bits per heavy atom. The first-order chi connectivity index (χ1) is 16.2. The molecule has 0 radical (unpaired) electrons. The SMILES string of the molecule is CCCCc1ccc(NC(=O)COc2ccc(N(Cc3ccc(F)cc3)S(C)(=O)=O)cc2)cc1. The first kappa shape index (κ1) is 25.2. The summed E-state index contributed by atoms with van der Waals surface area (Å²) in [5.41, 5.74) is 3.03. The number of nitrogens with zero attached hydrogens (tertiary/aromatic N) is 1. The third-order valence-electron chi connectivity index (χ3n) is 5.19. The Bertz CT molecular complexity index is 1180. The zero-order valence-corrected chi connectivity index (χ0v) is 20.1. The van der Waals surface area contributed by atoms with Crippen molar-refractivity contribution < 1.29 is 22.3 Å². The summed E-state index contributed by atoms with van der Waals surface area (Å²) >= 11 is 0. The van der Waals surface area contributed by atoms with Gasteiger partial charge in [0.2, 0.25) is 10.0 Å². The molecule has 3 aromatic rings. The fourth-order valence-electron chi connectivity index (χ4n) is 3.35. The summed E-state index contributed by atoms with van der Waals surface area (Å²) in [5.74, 6) is -0.243. The van der Waals surface area contributed by atoms with Crippen molar-refractivity contribution in [1.82, 2.24) is 0 Å². The lowest BCUT2D eigenvalue weighted by atomic mass is 10.1. The molecule has 34 heavy (non-hydrogen) atoms. The van der Waals surface area contributed by atoms with Gasteiger partial charge in [0, 0.05) is 5.69 Å². The van der Waals surface area contributed by atoms with Crippen LogP contribution in [0.1, 0.15) is 30.9 Å². The molecular weight excluding hydrogens is 455 g/mol. The Morgan fingerprint density at radius 1 is 0.941 bits per heavy atom. The molecule has 0 atom stereocenters. The molecule has 3 aromatic carbocycles. The van der Waals surface area contributed by atoms with Crippen molar-refractivity contribution in [3.63, 3.8) is 0 Å². The van der Waals surface area contributed by atoms with Gasteiger partial charge in [-0.15, -0.1) is 0 Å². The standard InChI is InChI=1S/C26H29FN2O4S/c1-3-4-5-20-8-12-23(13-9-20)28-26(30)19-33-25-16-14-24(15-17-25)29(34(2,31)32)18-21-6-10-22(27)11-7-21/h6-17H,3-5,18-19H2,1-2H3,(H,28,30). The van der Waals surface area contributed by atoms with Gasteiger partial charge in [0.25, 0.3) is 5.91 Å². The van der Waals surface area contributed by atoms with Gasteiger partial charge < -0.3 is 10.1 Å². The van der Waals surface area contributed by atoms with Crippen LogP contribution in [0.15, 0.2) is 72.8 Å². The molecule has 0 heterocycles. The van der Waals surface area contributed by atoms with Crippen LogP contribution in [0.2, 0.25) is 0 Å². The van der Waals surface area contributed by atoms with E-state index in [0.29, 0.717) is 22.7 Å². The molecule has 1 amide bonds. The number of halogens is 1. The van der Waals surface area contributed by atoms with Gasteiger partial charge in [-0.25, -0.2) is 12.8 Å². The Labute approximate surface area is 200 Å². The molecule has 0 fully saturated rings. The second-order valence-electron chi connectivity index (χ2n) is 8.03. The van der Waals surface area contributed by atoms with E-state index in [4.69, 9.17) is 4.74 Å². The largest absolute Gasteiger partial charge is 0.484 e. The van der Waals surface area contributed by atoms with E-state index < -0.39 is 10.0 Å². The van der Waals surface area contributed by atoms with E-state index in [2.05, 4.69) is 12.2 Å². The summed E-state index contributed by atoms with van der Waals surface area (Å²) in [7, 11) is -3.57. The number of benzene rings is 3. The molecule has 0 aliphatic carbocycles. The smallest absolute Gasteiger partial charge is 0.262 e. The Balaban J connectivity index is 1.57. The molecule has 0 aliphatic heterocycles. The van der Waals surface area contributed by atoms with Crippen LogP contribution in [0, 0.1) is 5.82 Å². The van der Waals surface area contributed by atoms with Crippen LogP contribution in [-0.4, -0.2) is 27.2 Å². The van der Waals surface area contributed by atoms with Gasteiger partial charge in [0.05, 0.1) is 18.5 Å². The Hall–Kier alpha value is -3.39. The minimum atomic E-state index is -3.57. The van der Waals surface area contributed by atoms with E-state index in [1.807, 2.05) is 24.3 Å². The van der Waals surface area contributed by atoms with E-state index >= 15 is 0 Å². The molecule has 0 aromatic heterocycles. The van der Waals surface area contributed by atoms with Crippen LogP contribution in [0.4, 0.5) is 15.8 Å². The number of aryl methyl sites for hydroxylation is 1. The third-order valence-corrected chi connectivity index (χ3v) is 6.33. The molecule has 0 saturated carbocycles. The molecule has 0 bridgehead atoms. The number of unbranched alkanes of at least 4 members (excludes halogenated alkanes) is 1. The molecule has 0 unspecified atom stereocenters. The van der Waals surface area contributed by atoms with Gasteiger partial charge in [-0.3, -0.25) is 9.10 Å². The quantitative estimate of drug-likeness (QED) is 0.408. The summed E-state index contributed by atoms with van der Waals surface area (Å²) in [5, 5.41) is 2.80. The highest BCUT2D eigenvalue weighted by molar-refractivity contribution is 7.92. The molecule has 8 heteroatoms. The molecule has 180 valence electrons. The molecule has 1 N–H and O–H groups in total. The zero-order valence-electron chi connectivity index (χ0n) is 19.3. The average Bonchev–Trinajstić information content (AvgIpc) is 2.81. The van der Waals surface area contributed by atoms with E-state index in [-0.39, 0.29) is 24.9 Å². The van der Waals surface area contributed by atoms with Crippen LogP contribution in [0.5, 0.6) is 5.75 Å². The highest BCUT2D eigenvalue weighted by atomic mass is 32.2. The lowest BCUT2D eigenvalue weighted by Crippen LogP contribution is -2.29. The second kappa shape index (κ2) is 11.7. The fourth-order valence-corrected chi connectivity index (χ4v) is 4.23. The van der Waals surface area contributed by atoms with Crippen molar-refractivity contribution in [3.8, 4) is 5.75 Å². The highest BCUT2D eigenvalue weighted by Crippen LogP contribution is 2.24. The highest BCUT2D eigenvalue weighted by Gasteiger charge is 2.18. The Morgan fingerprint density at radius 3 is 2.15 bits per heavy atom. The van der Waals surface area contributed by atoms with Crippen LogP contribution in [0.25, 0.3) is 0 Å². The van der Waals surface area contributed by atoms with E-state index in [1.165, 1.54) is 22.0 Å². The van der Waals surface area contributed by atoms with Crippen molar-refractivity contribution >= 4 is 27.3 Å². The van der Waals surface area contributed by atoms with E-state index in [9.17, 15) is 17.6 Å². The maximum Gasteiger partial charge on any atom is 0.262 e. The van der Waals surface area contributed by atoms with Crippen molar-refractivity contribution in [2.75, 3.05) is 22.5 Å². The number of ether oxygens (including phenoxy) is 1. The molecule has 0 saturated heterocycles. The number of hydrogen-bond donors (Lipinski definition) is 1. The summed E-state index contributed by atoms with van der Waals surface area (Å²) in [6, 6.07) is 19.8. The van der Waals surface area contributed by atoms with Gasteiger partial charge >= 0.3 is 0 Å². The van der Waals surface area contributed by atoms with E-state index in [1.54, 1.807) is 36.4 Å². The van der Waals surface area contributed by atoms with Crippen LogP contribution in [-0.2, 0) is 27.8 Å². The van der Waals surface area contributed by atoms with Crippen molar-refractivity contribution in [2.45, 2.75) is 32.7 Å². The predicted molar refractivity (Wildman–Crippen MR) is 133 cm³/mol. The number of hydrogen-bond acceptors (Lipinski definition) is 4. The number of carbonyl (C=O) groups excluding carboxylic acids is 1. The summed E-state index contributed by atoms with van der Waals surface area (Å²) in [6.07, 6.45) is 4.40. The normalized spacial score (nSPS) is 11.1. The molecule has 0 aliphatic rings. The minimum Gasteiger partial charge on any atom is -0.484 e. The van der Waals surface area contributed by atoms with Crippen LogP contribution in [0.3, 0.4) is 0 Å². The van der Waals surface area contributed by atoms with Gasteiger partial charge in [0.1, 0.15) is 11.6 Å². The van der Waals surface area contributed by atoms with E-state index in [0.717, 1.165) is 25.5 Å². The number of nitrogens with one attached hydrogen (secondary N) is 1. The predicted octanol–water partition coefficient (Wildman–Crippen LogP) is 5.15. The van der Waals surface area contributed by atoms with Gasteiger partial charge in [-0.1, -0.05) is 37.6 Å². The summed E-state index contributed by atoms with van der Waals surface area (Å²) in [6.45, 7) is 2.04. The number of carbonyl (C=O) groups is 1. The molecule has 6 nitrogen and oxygen atoms in total. The second-order valence-corrected chi connectivity index (χ2v) is 9.93. The monoisotopic (exact) mass is 484 g/mol. The van der Waals surface area contributed by atoms with Crippen LogP contribution < -0.4 is 14.4 Å². The lowest BCUT2D eigenvalue weighted by molar-refractivity contribution is -0.118. The van der Waals surface area contributed by atoms with Crippen molar-refractivity contribution in [2.24, 2.45) is 0 Å². The van der Waals surface area contributed by atoms with Gasteiger partial charge in [0.15, 0.2) is 6.61 Å². The first-order valence-electron chi connectivity index (χ1n) is 11.1. The molecule has 3 rings (SSSR count). The third kappa shape index (κ3) is 7.59. The number of amides is 1. The lowest BCUT2D eigenvalue weighted by Gasteiger charge is -2.22. The zero-order chi connectivity index (χ0) is 24.6. The topological polar surface area (TPSA) is 75.7 Å². The Kier molecular flexibility index (Phi) is 8.65. The summed E-state index contributed by atoms with van der Waals surface area (Å²) < 4.78 is 44.6.